The SMILES string of the molecule is CNCc1cccc(CN(C)CC2CCOCC2)n1. The fraction of sp³-hybridized carbons (Fsp3) is 0.667. The molecule has 1 N–H and O–H groups in total. The molecule has 0 aromatic carbocycles. The summed E-state index contributed by atoms with van der Waals surface area (Å²) in [7, 11) is 4.13. The average Bonchev–Trinajstić information content (AvgIpc) is 2.40. The molecule has 0 bridgehead atoms. The Kier molecular flexibility index (Phi) is 5.76. The van der Waals surface area contributed by atoms with Crippen molar-refractivity contribution < 1.29 is 4.74 Å². The molecule has 0 unspecified atom stereocenters. The van der Waals surface area contributed by atoms with Crippen molar-refractivity contribution in [2.24, 2.45) is 5.92 Å². The molecular weight excluding hydrogens is 238 g/mol. The van der Waals surface area contributed by atoms with Gasteiger partial charge in [-0.05, 0) is 45.0 Å². The zero-order valence-corrected chi connectivity index (χ0v) is 12.1. The molecule has 106 valence electrons. The van der Waals surface area contributed by atoms with E-state index in [0.29, 0.717) is 0 Å². The van der Waals surface area contributed by atoms with Crippen molar-refractivity contribution in [1.82, 2.24) is 15.2 Å². The lowest BCUT2D eigenvalue weighted by atomic mass is 10.00. The fourth-order valence-corrected chi connectivity index (χ4v) is 2.61. The van der Waals surface area contributed by atoms with E-state index in [1.807, 2.05) is 7.05 Å². The Hall–Kier alpha value is -0.970. The molecule has 1 aliphatic heterocycles. The summed E-state index contributed by atoms with van der Waals surface area (Å²) in [6, 6.07) is 6.27. The Labute approximate surface area is 116 Å². The molecule has 0 amide bonds. The molecule has 1 aliphatic rings. The lowest BCUT2D eigenvalue weighted by Crippen LogP contribution is -2.29. The van der Waals surface area contributed by atoms with Gasteiger partial charge < -0.3 is 15.0 Å². The summed E-state index contributed by atoms with van der Waals surface area (Å²) in [5.41, 5.74) is 2.27. The van der Waals surface area contributed by atoms with Crippen LogP contribution < -0.4 is 5.32 Å². The van der Waals surface area contributed by atoms with Gasteiger partial charge >= 0.3 is 0 Å². The van der Waals surface area contributed by atoms with Gasteiger partial charge in [-0.15, -0.1) is 0 Å². The van der Waals surface area contributed by atoms with E-state index in [-0.39, 0.29) is 0 Å². The number of hydrogen-bond donors (Lipinski definition) is 1. The topological polar surface area (TPSA) is 37.4 Å². The molecule has 0 atom stereocenters. The Bertz CT molecular complexity index is 377. The molecule has 2 heterocycles. The molecule has 2 rings (SSSR count). The number of aromatic nitrogens is 1. The monoisotopic (exact) mass is 263 g/mol. The number of ether oxygens (including phenoxy) is 1. The van der Waals surface area contributed by atoms with E-state index < -0.39 is 0 Å². The quantitative estimate of drug-likeness (QED) is 0.847. The maximum Gasteiger partial charge on any atom is 0.0547 e. The zero-order chi connectivity index (χ0) is 13.5. The smallest absolute Gasteiger partial charge is 0.0547 e. The summed E-state index contributed by atoms with van der Waals surface area (Å²) < 4.78 is 5.40. The highest BCUT2D eigenvalue weighted by atomic mass is 16.5. The van der Waals surface area contributed by atoms with Crippen LogP contribution in [-0.2, 0) is 17.8 Å². The molecule has 0 spiro atoms. The van der Waals surface area contributed by atoms with Crippen LogP contribution in [0, 0.1) is 5.92 Å². The van der Waals surface area contributed by atoms with Crippen molar-refractivity contribution >= 4 is 0 Å². The van der Waals surface area contributed by atoms with E-state index in [2.05, 4.69) is 40.4 Å². The molecule has 4 heteroatoms. The number of rotatable bonds is 6. The lowest BCUT2D eigenvalue weighted by molar-refractivity contribution is 0.0548. The molecule has 0 radical (unpaired) electrons. The predicted molar refractivity (Wildman–Crippen MR) is 76.9 cm³/mol. The van der Waals surface area contributed by atoms with E-state index in [1.54, 1.807) is 0 Å². The van der Waals surface area contributed by atoms with E-state index >= 15 is 0 Å². The van der Waals surface area contributed by atoms with Crippen molar-refractivity contribution in [3.8, 4) is 0 Å². The van der Waals surface area contributed by atoms with Crippen LogP contribution in [0.3, 0.4) is 0 Å². The fourth-order valence-electron chi connectivity index (χ4n) is 2.61. The van der Waals surface area contributed by atoms with Gasteiger partial charge in [0.15, 0.2) is 0 Å². The van der Waals surface area contributed by atoms with Crippen LogP contribution in [0.4, 0.5) is 0 Å². The molecule has 1 saturated heterocycles. The van der Waals surface area contributed by atoms with E-state index in [1.165, 1.54) is 12.8 Å². The summed E-state index contributed by atoms with van der Waals surface area (Å²) in [6.45, 7) is 4.75. The minimum Gasteiger partial charge on any atom is -0.381 e. The first-order valence-electron chi connectivity index (χ1n) is 7.13. The summed E-state index contributed by atoms with van der Waals surface area (Å²) in [5, 5.41) is 3.14. The number of pyridine rings is 1. The van der Waals surface area contributed by atoms with Gasteiger partial charge in [-0.3, -0.25) is 4.98 Å². The number of nitrogens with one attached hydrogen (secondary N) is 1. The van der Waals surface area contributed by atoms with Crippen molar-refractivity contribution in [2.75, 3.05) is 33.9 Å². The highest BCUT2D eigenvalue weighted by Crippen LogP contribution is 2.16. The maximum atomic E-state index is 5.40. The molecule has 19 heavy (non-hydrogen) atoms. The second kappa shape index (κ2) is 7.58. The normalized spacial score (nSPS) is 17.0. The minimum atomic E-state index is 0.777. The van der Waals surface area contributed by atoms with Gasteiger partial charge in [-0.25, -0.2) is 0 Å². The van der Waals surface area contributed by atoms with Crippen LogP contribution >= 0.6 is 0 Å². The van der Waals surface area contributed by atoms with Gasteiger partial charge in [0.2, 0.25) is 0 Å². The zero-order valence-electron chi connectivity index (χ0n) is 12.1. The molecule has 1 aromatic heterocycles. The predicted octanol–water partition coefficient (Wildman–Crippen LogP) is 1.66. The van der Waals surface area contributed by atoms with Crippen molar-refractivity contribution in [3.05, 3.63) is 29.6 Å². The van der Waals surface area contributed by atoms with Crippen LogP contribution in [0.5, 0.6) is 0 Å². The third kappa shape index (κ3) is 4.90. The third-order valence-corrected chi connectivity index (χ3v) is 3.56. The standard InChI is InChI=1S/C15H25N3O/c1-16-10-14-4-3-5-15(17-14)12-18(2)11-13-6-8-19-9-7-13/h3-5,13,16H,6-12H2,1-2H3. The van der Waals surface area contributed by atoms with Crippen LogP contribution in [0.15, 0.2) is 18.2 Å². The largest absolute Gasteiger partial charge is 0.381 e. The van der Waals surface area contributed by atoms with Gasteiger partial charge in [-0.2, -0.15) is 0 Å². The molecule has 4 nitrogen and oxygen atoms in total. The second-order valence-electron chi connectivity index (χ2n) is 5.40. The molecule has 0 aliphatic carbocycles. The van der Waals surface area contributed by atoms with Gasteiger partial charge in [0.25, 0.3) is 0 Å². The highest BCUT2D eigenvalue weighted by molar-refractivity contribution is 5.11. The number of hydrogen-bond acceptors (Lipinski definition) is 4. The van der Waals surface area contributed by atoms with Crippen molar-refractivity contribution in [2.45, 2.75) is 25.9 Å². The van der Waals surface area contributed by atoms with Gasteiger partial charge in [0.1, 0.15) is 0 Å². The van der Waals surface area contributed by atoms with Crippen molar-refractivity contribution in [1.29, 1.82) is 0 Å². The minimum absolute atomic E-state index is 0.777. The molecular formula is C15H25N3O. The Morgan fingerprint density at radius 2 is 2.05 bits per heavy atom. The first-order valence-corrected chi connectivity index (χ1v) is 7.13. The lowest BCUT2D eigenvalue weighted by Gasteiger charge is -2.26. The first-order chi connectivity index (χ1) is 9.28. The molecule has 0 saturated carbocycles. The Balaban J connectivity index is 1.83. The summed E-state index contributed by atoms with van der Waals surface area (Å²) in [6.07, 6.45) is 2.38. The maximum absolute atomic E-state index is 5.40. The summed E-state index contributed by atoms with van der Waals surface area (Å²) in [4.78, 5) is 7.04. The van der Waals surface area contributed by atoms with Gasteiger partial charge in [0.05, 0.1) is 11.4 Å². The molecule has 1 aromatic rings. The van der Waals surface area contributed by atoms with Gasteiger partial charge in [-0.1, -0.05) is 6.07 Å². The second-order valence-corrected chi connectivity index (χ2v) is 5.40. The van der Waals surface area contributed by atoms with E-state index in [9.17, 15) is 0 Å². The van der Waals surface area contributed by atoms with Crippen LogP contribution in [0.25, 0.3) is 0 Å². The van der Waals surface area contributed by atoms with Crippen LogP contribution in [-0.4, -0.2) is 43.7 Å². The van der Waals surface area contributed by atoms with Crippen LogP contribution in [0.2, 0.25) is 0 Å². The first kappa shape index (κ1) is 14.4. The van der Waals surface area contributed by atoms with E-state index in [4.69, 9.17) is 4.74 Å². The molecule has 1 fully saturated rings. The Morgan fingerprint density at radius 1 is 1.32 bits per heavy atom. The highest BCUT2D eigenvalue weighted by Gasteiger charge is 2.15. The van der Waals surface area contributed by atoms with E-state index in [0.717, 1.165) is 50.2 Å². The van der Waals surface area contributed by atoms with Crippen molar-refractivity contribution in [3.63, 3.8) is 0 Å². The van der Waals surface area contributed by atoms with Crippen LogP contribution in [0.1, 0.15) is 24.2 Å². The van der Waals surface area contributed by atoms with Gasteiger partial charge in [0, 0.05) is 32.8 Å². The Morgan fingerprint density at radius 3 is 2.79 bits per heavy atom. The number of nitrogens with zero attached hydrogens (tertiary/aromatic N) is 2. The summed E-state index contributed by atoms with van der Waals surface area (Å²) in [5.74, 6) is 0.777. The average molecular weight is 263 g/mol. The summed E-state index contributed by atoms with van der Waals surface area (Å²) >= 11 is 0. The third-order valence-electron chi connectivity index (χ3n) is 3.56.